The van der Waals surface area contributed by atoms with Gasteiger partial charge in [-0.05, 0) is 30.2 Å². The first-order valence-corrected chi connectivity index (χ1v) is 5.59. The summed E-state index contributed by atoms with van der Waals surface area (Å²) in [5.74, 6) is 0.0639. The first-order valence-electron chi connectivity index (χ1n) is 5.59. The standard InChI is InChI=1S/C14H12N2O/c1-9-10(5-3-7-15-9)11-4-2-6-13-12(11)8-14(17)16-13/h2-7H,8H2,1H3,(H,16,17). The van der Waals surface area contributed by atoms with Crippen LogP contribution in [0, 0.1) is 6.92 Å². The molecule has 3 nitrogen and oxygen atoms in total. The van der Waals surface area contributed by atoms with Crippen LogP contribution in [0.1, 0.15) is 11.3 Å². The fourth-order valence-electron chi connectivity index (χ4n) is 2.27. The highest BCUT2D eigenvalue weighted by molar-refractivity contribution is 6.01. The van der Waals surface area contributed by atoms with Gasteiger partial charge in [0, 0.05) is 23.1 Å². The molecule has 3 heteroatoms. The van der Waals surface area contributed by atoms with Crippen LogP contribution < -0.4 is 5.32 Å². The summed E-state index contributed by atoms with van der Waals surface area (Å²) >= 11 is 0. The number of fused-ring (bicyclic) bond motifs is 1. The van der Waals surface area contributed by atoms with Crippen LogP contribution in [-0.2, 0) is 11.2 Å². The third-order valence-electron chi connectivity index (χ3n) is 3.08. The third kappa shape index (κ3) is 1.60. The van der Waals surface area contributed by atoms with E-state index in [1.807, 2.05) is 37.3 Å². The number of carbonyl (C=O) groups is 1. The molecule has 1 N–H and O–H groups in total. The van der Waals surface area contributed by atoms with Gasteiger partial charge in [-0.3, -0.25) is 9.78 Å². The zero-order chi connectivity index (χ0) is 11.8. The number of anilines is 1. The van der Waals surface area contributed by atoms with E-state index in [2.05, 4.69) is 10.3 Å². The summed E-state index contributed by atoms with van der Waals surface area (Å²) in [6.07, 6.45) is 2.24. The summed E-state index contributed by atoms with van der Waals surface area (Å²) < 4.78 is 0. The lowest BCUT2D eigenvalue weighted by Gasteiger charge is -2.09. The average molecular weight is 224 g/mol. The van der Waals surface area contributed by atoms with E-state index in [1.165, 1.54) is 0 Å². The molecule has 0 bridgehead atoms. The first kappa shape index (κ1) is 10.0. The Morgan fingerprint density at radius 2 is 2.00 bits per heavy atom. The molecule has 17 heavy (non-hydrogen) atoms. The summed E-state index contributed by atoms with van der Waals surface area (Å²) in [6, 6.07) is 9.91. The van der Waals surface area contributed by atoms with Crippen molar-refractivity contribution < 1.29 is 4.79 Å². The number of nitrogens with one attached hydrogen (secondary N) is 1. The fourth-order valence-corrected chi connectivity index (χ4v) is 2.27. The second kappa shape index (κ2) is 3.70. The summed E-state index contributed by atoms with van der Waals surface area (Å²) in [5, 5.41) is 2.87. The lowest BCUT2D eigenvalue weighted by molar-refractivity contribution is -0.115. The number of carbonyl (C=O) groups excluding carboxylic acids is 1. The van der Waals surface area contributed by atoms with Crippen molar-refractivity contribution in [3.63, 3.8) is 0 Å². The predicted molar refractivity (Wildman–Crippen MR) is 66.7 cm³/mol. The van der Waals surface area contributed by atoms with Crippen LogP contribution in [-0.4, -0.2) is 10.9 Å². The van der Waals surface area contributed by atoms with Crippen LogP contribution >= 0.6 is 0 Å². The topological polar surface area (TPSA) is 42.0 Å². The molecule has 0 fully saturated rings. The van der Waals surface area contributed by atoms with Gasteiger partial charge in [0.2, 0.25) is 5.91 Å². The lowest BCUT2D eigenvalue weighted by atomic mass is 9.97. The van der Waals surface area contributed by atoms with Crippen LogP contribution in [0.25, 0.3) is 11.1 Å². The molecule has 0 aliphatic carbocycles. The quantitative estimate of drug-likeness (QED) is 0.808. The smallest absolute Gasteiger partial charge is 0.228 e. The molecule has 1 aromatic heterocycles. The Morgan fingerprint density at radius 3 is 2.82 bits per heavy atom. The molecule has 0 saturated heterocycles. The largest absolute Gasteiger partial charge is 0.326 e. The van der Waals surface area contributed by atoms with E-state index >= 15 is 0 Å². The number of benzene rings is 1. The Kier molecular flexibility index (Phi) is 2.18. The van der Waals surface area contributed by atoms with Crippen molar-refractivity contribution in [2.75, 3.05) is 5.32 Å². The van der Waals surface area contributed by atoms with Crippen molar-refractivity contribution >= 4 is 11.6 Å². The maximum Gasteiger partial charge on any atom is 0.228 e. The molecular formula is C14H12N2O. The normalized spacial score (nSPS) is 13.4. The van der Waals surface area contributed by atoms with Gasteiger partial charge in [-0.1, -0.05) is 18.2 Å². The predicted octanol–water partition coefficient (Wildman–Crippen LogP) is 2.55. The number of aromatic nitrogens is 1. The highest BCUT2D eigenvalue weighted by atomic mass is 16.1. The highest BCUT2D eigenvalue weighted by Crippen LogP contribution is 2.33. The van der Waals surface area contributed by atoms with E-state index in [-0.39, 0.29) is 5.91 Å². The molecule has 1 aromatic carbocycles. The molecule has 1 aliphatic rings. The molecule has 1 aliphatic heterocycles. The first-order chi connectivity index (χ1) is 8.25. The minimum atomic E-state index is 0.0639. The van der Waals surface area contributed by atoms with Crippen molar-refractivity contribution in [3.8, 4) is 11.1 Å². The van der Waals surface area contributed by atoms with Crippen LogP contribution in [0.2, 0.25) is 0 Å². The maximum absolute atomic E-state index is 11.4. The Labute approximate surface area is 99.5 Å². The number of hydrogen-bond donors (Lipinski definition) is 1. The molecule has 0 spiro atoms. The van der Waals surface area contributed by atoms with E-state index in [4.69, 9.17) is 0 Å². The number of rotatable bonds is 1. The van der Waals surface area contributed by atoms with E-state index in [9.17, 15) is 4.79 Å². The fraction of sp³-hybridized carbons (Fsp3) is 0.143. The van der Waals surface area contributed by atoms with Crippen LogP contribution in [0.4, 0.5) is 5.69 Å². The minimum Gasteiger partial charge on any atom is -0.326 e. The van der Waals surface area contributed by atoms with Gasteiger partial charge < -0.3 is 5.32 Å². The molecule has 2 aromatic rings. The van der Waals surface area contributed by atoms with Gasteiger partial charge in [0.15, 0.2) is 0 Å². The SMILES string of the molecule is Cc1ncccc1-c1cccc2c1CC(=O)N2. The molecule has 0 atom stereocenters. The van der Waals surface area contributed by atoms with E-state index in [0.717, 1.165) is 28.1 Å². The van der Waals surface area contributed by atoms with Gasteiger partial charge in [-0.15, -0.1) is 0 Å². The maximum atomic E-state index is 11.4. The Morgan fingerprint density at radius 1 is 1.18 bits per heavy atom. The summed E-state index contributed by atoms with van der Waals surface area (Å²) in [7, 11) is 0. The minimum absolute atomic E-state index is 0.0639. The molecule has 0 unspecified atom stereocenters. The molecule has 84 valence electrons. The Bertz CT molecular complexity index is 605. The molecule has 0 radical (unpaired) electrons. The molecule has 2 heterocycles. The van der Waals surface area contributed by atoms with Gasteiger partial charge in [0.25, 0.3) is 0 Å². The third-order valence-corrected chi connectivity index (χ3v) is 3.08. The molecule has 3 rings (SSSR count). The molecule has 0 saturated carbocycles. The Balaban J connectivity index is 2.21. The van der Waals surface area contributed by atoms with Gasteiger partial charge >= 0.3 is 0 Å². The van der Waals surface area contributed by atoms with Crippen LogP contribution in [0.5, 0.6) is 0 Å². The van der Waals surface area contributed by atoms with Crippen LogP contribution in [0.3, 0.4) is 0 Å². The Hall–Kier alpha value is -2.16. The lowest BCUT2D eigenvalue weighted by Crippen LogP contribution is -2.03. The summed E-state index contributed by atoms with van der Waals surface area (Å²) in [5.41, 5.74) is 5.19. The second-order valence-electron chi connectivity index (χ2n) is 4.19. The van der Waals surface area contributed by atoms with Crippen molar-refractivity contribution in [2.45, 2.75) is 13.3 Å². The van der Waals surface area contributed by atoms with Crippen molar-refractivity contribution in [2.24, 2.45) is 0 Å². The van der Waals surface area contributed by atoms with Gasteiger partial charge in [0.1, 0.15) is 0 Å². The summed E-state index contributed by atoms with van der Waals surface area (Å²) in [4.78, 5) is 15.7. The number of hydrogen-bond acceptors (Lipinski definition) is 2. The van der Waals surface area contributed by atoms with Crippen molar-refractivity contribution in [1.29, 1.82) is 0 Å². The molecular weight excluding hydrogens is 212 g/mol. The van der Waals surface area contributed by atoms with Gasteiger partial charge in [-0.2, -0.15) is 0 Å². The highest BCUT2D eigenvalue weighted by Gasteiger charge is 2.21. The number of aryl methyl sites for hydroxylation is 1. The van der Waals surface area contributed by atoms with Crippen molar-refractivity contribution in [3.05, 3.63) is 47.8 Å². The average Bonchev–Trinajstić information content (AvgIpc) is 2.70. The van der Waals surface area contributed by atoms with Crippen LogP contribution in [0.15, 0.2) is 36.5 Å². The number of amides is 1. The van der Waals surface area contributed by atoms with E-state index < -0.39 is 0 Å². The van der Waals surface area contributed by atoms with E-state index in [1.54, 1.807) is 6.20 Å². The second-order valence-corrected chi connectivity index (χ2v) is 4.19. The van der Waals surface area contributed by atoms with E-state index in [0.29, 0.717) is 6.42 Å². The van der Waals surface area contributed by atoms with Gasteiger partial charge in [-0.25, -0.2) is 0 Å². The number of nitrogens with zero attached hydrogens (tertiary/aromatic N) is 1. The number of pyridine rings is 1. The summed E-state index contributed by atoms with van der Waals surface area (Å²) in [6.45, 7) is 1.99. The molecule has 1 amide bonds. The zero-order valence-corrected chi connectivity index (χ0v) is 9.53. The van der Waals surface area contributed by atoms with Gasteiger partial charge in [0.05, 0.1) is 6.42 Å². The zero-order valence-electron chi connectivity index (χ0n) is 9.53. The van der Waals surface area contributed by atoms with Crippen molar-refractivity contribution in [1.82, 2.24) is 4.98 Å². The monoisotopic (exact) mass is 224 g/mol.